The molecule has 0 aliphatic heterocycles. The Morgan fingerprint density at radius 2 is 2.12 bits per heavy atom. The minimum Gasteiger partial charge on any atom is -0.211 e. The fraction of sp³-hybridized carbons (Fsp3) is 0.222. The van der Waals surface area contributed by atoms with Gasteiger partial charge in [0, 0.05) is 4.90 Å². The van der Waals surface area contributed by atoms with Crippen molar-refractivity contribution >= 4 is 35.1 Å². The summed E-state index contributed by atoms with van der Waals surface area (Å²) in [4.78, 5) is 13.5. The fourth-order valence-electron chi connectivity index (χ4n) is 0.884. The van der Waals surface area contributed by atoms with Crippen molar-refractivity contribution in [2.24, 2.45) is 4.99 Å². The lowest BCUT2D eigenvalue weighted by Crippen LogP contribution is -2.10. The Bertz CT molecular complexity index is 429. The van der Waals surface area contributed by atoms with Crippen LogP contribution in [0.5, 0.6) is 0 Å². The summed E-state index contributed by atoms with van der Waals surface area (Å²) >= 11 is 6.24. The summed E-state index contributed by atoms with van der Waals surface area (Å²) in [5.41, 5.74) is 0.226. The minimum absolute atomic E-state index is 0.194. The molecule has 0 radical (unpaired) electrons. The van der Waals surface area contributed by atoms with Gasteiger partial charge in [-0.25, -0.2) is 4.79 Å². The summed E-state index contributed by atoms with van der Waals surface area (Å²) in [5.74, 6) is -1.04. The smallest absolute Gasteiger partial charge is 0.211 e. The highest BCUT2D eigenvalue weighted by molar-refractivity contribution is 7.99. The Kier molecular flexibility index (Phi) is 4.41. The SMILES string of the molecule is O=C=Nc1ccc(Cl)c(SCC(F)(F)F)c1. The van der Waals surface area contributed by atoms with Crippen LogP contribution in [0.15, 0.2) is 28.1 Å². The molecule has 16 heavy (non-hydrogen) atoms. The number of halogens is 4. The quantitative estimate of drug-likeness (QED) is 0.471. The van der Waals surface area contributed by atoms with E-state index in [1.165, 1.54) is 24.3 Å². The zero-order valence-corrected chi connectivity index (χ0v) is 9.29. The van der Waals surface area contributed by atoms with Gasteiger partial charge in [-0.3, -0.25) is 0 Å². The van der Waals surface area contributed by atoms with Crippen molar-refractivity contribution in [2.45, 2.75) is 11.1 Å². The Hall–Kier alpha value is -0.970. The summed E-state index contributed by atoms with van der Waals surface area (Å²) in [6, 6.07) is 4.12. The number of aliphatic imine (C=N–C) groups is 1. The lowest BCUT2D eigenvalue weighted by Gasteiger charge is -2.07. The third kappa shape index (κ3) is 4.26. The predicted octanol–water partition coefficient (Wildman–Crippen LogP) is 3.96. The van der Waals surface area contributed by atoms with Crippen LogP contribution in [0.2, 0.25) is 5.02 Å². The van der Waals surface area contributed by atoms with Gasteiger partial charge in [0.05, 0.1) is 16.5 Å². The van der Waals surface area contributed by atoms with E-state index in [4.69, 9.17) is 11.6 Å². The van der Waals surface area contributed by atoms with Crippen LogP contribution in [0.25, 0.3) is 0 Å². The van der Waals surface area contributed by atoms with E-state index < -0.39 is 11.9 Å². The van der Waals surface area contributed by atoms with Gasteiger partial charge in [0.25, 0.3) is 0 Å². The largest absolute Gasteiger partial charge is 0.398 e. The van der Waals surface area contributed by atoms with Gasteiger partial charge in [-0.1, -0.05) is 11.6 Å². The molecule has 0 bridgehead atoms. The lowest BCUT2D eigenvalue weighted by atomic mass is 10.3. The molecule has 7 heteroatoms. The number of rotatable bonds is 3. The zero-order valence-electron chi connectivity index (χ0n) is 7.71. The van der Waals surface area contributed by atoms with Crippen molar-refractivity contribution in [1.82, 2.24) is 0 Å². The fourth-order valence-corrected chi connectivity index (χ4v) is 1.89. The molecule has 0 spiro atoms. The molecule has 0 aliphatic carbocycles. The van der Waals surface area contributed by atoms with E-state index in [-0.39, 0.29) is 15.6 Å². The van der Waals surface area contributed by atoms with Crippen molar-refractivity contribution in [2.75, 3.05) is 5.75 Å². The second-order valence-electron chi connectivity index (χ2n) is 2.72. The first-order valence-corrected chi connectivity index (χ1v) is 5.36. The number of alkyl halides is 3. The normalized spacial score (nSPS) is 11.0. The van der Waals surface area contributed by atoms with Crippen LogP contribution in [-0.2, 0) is 4.79 Å². The van der Waals surface area contributed by atoms with Gasteiger partial charge >= 0.3 is 6.18 Å². The third-order valence-electron chi connectivity index (χ3n) is 1.48. The van der Waals surface area contributed by atoms with E-state index in [0.717, 1.165) is 0 Å². The highest BCUT2D eigenvalue weighted by Gasteiger charge is 2.27. The van der Waals surface area contributed by atoms with Crippen LogP contribution < -0.4 is 0 Å². The first-order valence-electron chi connectivity index (χ1n) is 3.99. The van der Waals surface area contributed by atoms with Crippen LogP contribution in [-0.4, -0.2) is 18.0 Å². The Morgan fingerprint density at radius 1 is 1.44 bits per heavy atom. The van der Waals surface area contributed by atoms with Crippen molar-refractivity contribution < 1.29 is 18.0 Å². The van der Waals surface area contributed by atoms with E-state index in [1.54, 1.807) is 0 Å². The third-order valence-corrected chi connectivity index (χ3v) is 3.04. The van der Waals surface area contributed by atoms with Crippen LogP contribution >= 0.6 is 23.4 Å². The molecular weight excluding hydrogens is 263 g/mol. The highest BCUT2D eigenvalue weighted by atomic mass is 35.5. The maximum atomic E-state index is 12.0. The second kappa shape index (κ2) is 5.39. The van der Waals surface area contributed by atoms with E-state index in [0.29, 0.717) is 11.8 Å². The summed E-state index contributed by atoms with van der Waals surface area (Å²) in [6.07, 6.45) is -2.96. The van der Waals surface area contributed by atoms with E-state index in [2.05, 4.69) is 4.99 Å². The molecule has 0 amide bonds. The van der Waals surface area contributed by atoms with Crippen molar-refractivity contribution in [3.8, 4) is 0 Å². The lowest BCUT2D eigenvalue weighted by molar-refractivity contribution is -0.105. The first-order chi connectivity index (χ1) is 7.42. The number of nitrogens with zero attached hydrogens (tertiary/aromatic N) is 1. The van der Waals surface area contributed by atoms with Gasteiger partial charge in [-0.2, -0.15) is 18.2 Å². The molecule has 0 saturated heterocycles. The van der Waals surface area contributed by atoms with Gasteiger partial charge in [-0.15, -0.1) is 11.8 Å². The van der Waals surface area contributed by atoms with Gasteiger partial charge in [0.1, 0.15) is 0 Å². The summed E-state index contributed by atoms with van der Waals surface area (Å²) < 4.78 is 35.9. The summed E-state index contributed by atoms with van der Waals surface area (Å²) in [6.45, 7) is 0. The molecule has 0 aromatic heterocycles. The van der Waals surface area contributed by atoms with Crippen LogP contribution in [0.3, 0.4) is 0 Å². The van der Waals surface area contributed by atoms with E-state index in [9.17, 15) is 18.0 Å². The molecule has 0 atom stereocenters. The monoisotopic (exact) mass is 267 g/mol. The number of carbonyl (C=O) groups excluding carboxylic acids is 1. The predicted molar refractivity (Wildman–Crippen MR) is 56.0 cm³/mol. The molecule has 1 aromatic carbocycles. The zero-order chi connectivity index (χ0) is 12.2. The van der Waals surface area contributed by atoms with Gasteiger partial charge in [0.2, 0.25) is 6.08 Å². The second-order valence-corrected chi connectivity index (χ2v) is 4.15. The molecule has 2 nitrogen and oxygen atoms in total. The number of thioether (sulfide) groups is 1. The Labute approximate surface area is 98.5 Å². The molecule has 0 unspecified atom stereocenters. The molecule has 0 aliphatic rings. The molecule has 0 saturated carbocycles. The maximum Gasteiger partial charge on any atom is 0.398 e. The van der Waals surface area contributed by atoms with Crippen LogP contribution in [0.4, 0.5) is 18.9 Å². The maximum absolute atomic E-state index is 12.0. The molecule has 0 fully saturated rings. The first kappa shape index (κ1) is 13.1. The number of hydrogen-bond donors (Lipinski definition) is 0. The van der Waals surface area contributed by atoms with E-state index in [1.807, 2.05) is 0 Å². The molecule has 86 valence electrons. The Morgan fingerprint density at radius 3 is 2.69 bits per heavy atom. The van der Waals surface area contributed by atoms with Gasteiger partial charge in [0.15, 0.2) is 0 Å². The topological polar surface area (TPSA) is 29.4 Å². The van der Waals surface area contributed by atoms with Crippen molar-refractivity contribution in [3.05, 3.63) is 23.2 Å². The minimum atomic E-state index is -4.27. The van der Waals surface area contributed by atoms with Gasteiger partial charge < -0.3 is 0 Å². The average Bonchev–Trinajstić information content (AvgIpc) is 2.18. The molecular formula is C9H5ClF3NOS. The average molecular weight is 268 g/mol. The van der Waals surface area contributed by atoms with Crippen molar-refractivity contribution in [3.63, 3.8) is 0 Å². The molecule has 1 aromatic rings. The van der Waals surface area contributed by atoms with Gasteiger partial charge in [-0.05, 0) is 18.2 Å². The molecule has 1 rings (SSSR count). The molecule has 0 heterocycles. The van der Waals surface area contributed by atoms with E-state index >= 15 is 0 Å². The van der Waals surface area contributed by atoms with Crippen molar-refractivity contribution in [1.29, 1.82) is 0 Å². The molecule has 0 N–H and O–H groups in total. The van der Waals surface area contributed by atoms with Crippen LogP contribution in [0.1, 0.15) is 0 Å². The number of hydrogen-bond acceptors (Lipinski definition) is 3. The number of isocyanates is 1. The summed E-state index contributed by atoms with van der Waals surface area (Å²) in [5, 5.41) is 0.194. The Balaban J connectivity index is 2.86. The van der Waals surface area contributed by atoms with Crippen LogP contribution in [0, 0.1) is 0 Å². The number of benzene rings is 1. The summed E-state index contributed by atoms with van der Waals surface area (Å²) in [7, 11) is 0. The highest BCUT2D eigenvalue weighted by Crippen LogP contribution is 2.34. The standard InChI is InChI=1S/C9H5ClF3NOS/c10-7-2-1-6(14-5-15)3-8(7)16-4-9(11,12)13/h1-3H,4H2.